The summed E-state index contributed by atoms with van der Waals surface area (Å²) < 4.78 is 11.9. The highest BCUT2D eigenvalue weighted by atomic mass is 127. The van der Waals surface area contributed by atoms with E-state index in [0.29, 0.717) is 31.9 Å². The van der Waals surface area contributed by atoms with Crippen LogP contribution in [0.15, 0.2) is 22.8 Å². The normalized spacial score (nSPS) is 15.7. The molecule has 2 rings (SSSR count). The fourth-order valence-corrected chi connectivity index (χ4v) is 2.35. The maximum atomic E-state index is 12.0. The number of hydrogen-bond donors (Lipinski definition) is 1. The maximum Gasteiger partial charge on any atom is 0.289 e. The Morgan fingerprint density at radius 1 is 1.42 bits per heavy atom. The molecule has 0 radical (unpaired) electrons. The van der Waals surface area contributed by atoms with E-state index in [2.05, 4.69) is 0 Å². The van der Waals surface area contributed by atoms with E-state index < -0.39 is 0 Å². The minimum atomic E-state index is -0.0773. The predicted molar refractivity (Wildman–Crippen MR) is 83.9 cm³/mol. The molecule has 0 aliphatic carbocycles. The maximum absolute atomic E-state index is 12.0. The van der Waals surface area contributed by atoms with Crippen molar-refractivity contribution in [3.8, 4) is 0 Å². The van der Waals surface area contributed by atoms with Crippen LogP contribution >= 0.6 is 35.9 Å². The summed E-state index contributed by atoms with van der Waals surface area (Å²) in [5.74, 6) is 0.298. The first kappa shape index (κ1) is 16.3. The molecule has 0 aromatic carbocycles. The molecule has 8 heteroatoms. The Bertz CT molecular complexity index is 419. The molecule has 1 aromatic rings. The number of methoxy groups -OCH3 is 1. The average molecular weight is 397 g/mol. The Balaban J connectivity index is 0.00000180. The fraction of sp³-hybridized carbons (Fsp3) is 0.455. The highest BCUT2D eigenvalue weighted by Gasteiger charge is 2.24. The van der Waals surface area contributed by atoms with Crippen LogP contribution in [-0.2, 0) is 4.74 Å². The molecule has 1 aliphatic heterocycles. The summed E-state index contributed by atoms with van der Waals surface area (Å²) in [5, 5.41) is 7.59. The van der Waals surface area contributed by atoms with Gasteiger partial charge in [-0.3, -0.25) is 10.2 Å². The summed E-state index contributed by atoms with van der Waals surface area (Å²) in [7, 11) is 1.48. The lowest BCUT2D eigenvalue weighted by Crippen LogP contribution is -2.46. The summed E-state index contributed by atoms with van der Waals surface area (Å²) in [6.45, 7) is 2.68. The van der Waals surface area contributed by atoms with E-state index in [1.165, 1.54) is 25.3 Å². The number of halogens is 1. The third kappa shape index (κ3) is 4.39. The summed E-state index contributed by atoms with van der Waals surface area (Å²) in [6.07, 6.45) is 1.50. The Morgan fingerprint density at radius 3 is 2.63 bits per heavy atom. The molecule has 2 heterocycles. The molecule has 1 aromatic heterocycles. The second-order valence-electron chi connectivity index (χ2n) is 3.78. The zero-order valence-electron chi connectivity index (χ0n) is 10.5. The number of hydrogen-bond acceptors (Lipinski definition) is 6. The molecule has 106 valence electrons. The van der Waals surface area contributed by atoms with Gasteiger partial charge in [-0.25, -0.2) is 4.31 Å². The van der Waals surface area contributed by atoms with Crippen LogP contribution in [0.5, 0.6) is 0 Å². The highest BCUT2D eigenvalue weighted by molar-refractivity contribution is 14.0. The van der Waals surface area contributed by atoms with E-state index in [9.17, 15) is 4.79 Å². The van der Waals surface area contributed by atoms with Gasteiger partial charge in [0, 0.05) is 38.1 Å². The van der Waals surface area contributed by atoms with Crippen molar-refractivity contribution in [1.29, 1.82) is 5.41 Å². The van der Waals surface area contributed by atoms with E-state index in [0.717, 1.165) is 0 Å². The van der Waals surface area contributed by atoms with Crippen LogP contribution in [0.3, 0.4) is 0 Å². The van der Waals surface area contributed by atoms with Crippen molar-refractivity contribution in [3.63, 3.8) is 0 Å². The second-order valence-corrected chi connectivity index (χ2v) is 4.85. The molecular weight excluding hydrogens is 381 g/mol. The zero-order chi connectivity index (χ0) is 13.0. The van der Waals surface area contributed by atoms with Crippen LogP contribution < -0.4 is 0 Å². The van der Waals surface area contributed by atoms with Crippen LogP contribution in [0.2, 0.25) is 0 Å². The Labute approximate surface area is 133 Å². The van der Waals surface area contributed by atoms with Crippen molar-refractivity contribution in [3.05, 3.63) is 24.2 Å². The number of carbonyl (C=O) groups is 1. The van der Waals surface area contributed by atoms with Crippen molar-refractivity contribution in [2.75, 3.05) is 33.3 Å². The van der Waals surface area contributed by atoms with Gasteiger partial charge in [0.2, 0.25) is 0 Å². The summed E-state index contributed by atoms with van der Waals surface area (Å²) in [4.78, 5) is 13.7. The monoisotopic (exact) mass is 397 g/mol. The SMILES string of the molecule is COC(=N)SN1CCN(C(=O)c2ccco2)CC1.I. The van der Waals surface area contributed by atoms with Gasteiger partial charge in [-0.05, 0) is 12.1 Å². The number of piperazine rings is 1. The van der Waals surface area contributed by atoms with Gasteiger partial charge in [-0.2, -0.15) is 0 Å². The molecule has 1 N–H and O–H groups in total. The lowest BCUT2D eigenvalue weighted by atomic mass is 10.3. The number of amides is 1. The van der Waals surface area contributed by atoms with Crippen LogP contribution in [-0.4, -0.2) is 53.6 Å². The van der Waals surface area contributed by atoms with Gasteiger partial charge in [0.1, 0.15) is 0 Å². The fourth-order valence-electron chi connectivity index (χ4n) is 1.69. The average Bonchev–Trinajstić information content (AvgIpc) is 2.92. The second kappa shape index (κ2) is 7.75. The van der Waals surface area contributed by atoms with E-state index in [4.69, 9.17) is 14.6 Å². The quantitative estimate of drug-likeness (QED) is 0.357. The largest absolute Gasteiger partial charge is 0.476 e. The molecule has 0 atom stereocenters. The van der Waals surface area contributed by atoms with Gasteiger partial charge in [0.05, 0.1) is 13.4 Å². The molecule has 0 bridgehead atoms. The molecule has 1 fully saturated rings. The number of ether oxygens (including phenoxy) is 1. The van der Waals surface area contributed by atoms with Crippen molar-refractivity contribution < 1.29 is 13.9 Å². The van der Waals surface area contributed by atoms with E-state index in [1.54, 1.807) is 17.0 Å². The van der Waals surface area contributed by atoms with Crippen LogP contribution in [0, 0.1) is 5.41 Å². The van der Waals surface area contributed by atoms with Gasteiger partial charge in [-0.15, -0.1) is 24.0 Å². The number of rotatable bonds is 2. The van der Waals surface area contributed by atoms with Gasteiger partial charge in [-0.1, -0.05) is 0 Å². The predicted octanol–water partition coefficient (Wildman–Crippen LogP) is 1.88. The van der Waals surface area contributed by atoms with E-state index in [1.807, 2.05) is 4.31 Å². The van der Waals surface area contributed by atoms with Crippen molar-refractivity contribution in [1.82, 2.24) is 9.21 Å². The van der Waals surface area contributed by atoms with Gasteiger partial charge in [0.25, 0.3) is 11.1 Å². The number of furan rings is 1. The molecular formula is C11H16IN3O3S. The molecule has 19 heavy (non-hydrogen) atoms. The summed E-state index contributed by atoms with van der Waals surface area (Å²) in [6, 6.07) is 3.38. The van der Waals surface area contributed by atoms with Crippen LogP contribution in [0.25, 0.3) is 0 Å². The highest BCUT2D eigenvalue weighted by Crippen LogP contribution is 2.16. The first-order valence-corrected chi connectivity index (χ1v) is 6.36. The first-order valence-electron chi connectivity index (χ1n) is 5.59. The standard InChI is InChI=1S/C11H15N3O3S.HI/c1-16-11(12)18-14-6-4-13(5-7-14)10(15)9-3-2-8-17-9;/h2-3,8,12H,4-7H2,1H3;1H. The Hall–Kier alpha value is -0.740. The van der Waals surface area contributed by atoms with Crippen LogP contribution in [0.4, 0.5) is 0 Å². The van der Waals surface area contributed by atoms with Crippen molar-refractivity contribution in [2.45, 2.75) is 0 Å². The van der Waals surface area contributed by atoms with Gasteiger partial charge < -0.3 is 14.1 Å². The molecule has 1 aliphatic rings. The zero-order valence-corrected chi connectivity index (χ0v) is 13.6. The Kier molecular flexibility index (Phi) is 6.66. The topological polar surface area (TPSA) is 69.8 Å². The number of carbonyl (C=O) groups excluding carboxylic acids is 1. The van der Waals surface area contributed by atoms with Gasteiger partial charge in [0.15, 0.2) is 5.76 Å². The van der Waals surface area contributed by atoms with Crippen LogP contribution in [0.1, 0.15) is 10.6 Å². The van der Waals surface area contributed by atoms with E-state index >= 15 is 0 Å². The lowest BCUT2D eigenvalue weighted by Gasteiger charge is -2.32. The van der Waals surface area contributed by atoms with Gasteiger partial charge >= 0.3 is 0 Å². The summed E-state index contributed by atoms with van der Waals surface area (Å²) in [5.41, 5.74) is 0. The van der Waals surface area contributed by atoms with E-state index in [-0.39, 0.29) is 35.1 Å². The minimum Gasteiger partial charge on any atom is -0.476 e. The summed E-state index contributed by atoms with van der Waals surface area (Å²) >= 11 is 1.26. The molecule has 0 saturated carbocycles. The third-order valence-corrected chi connectivity index (χ3v) is 3.61. The minimum absolute atomic E-state index is 0. The number of nitrogens with one attached hydrogen (secondary N) is 1. The lowest BCUT2D eigenvalue weighted by molar-refractivity contribution is 0.0672. The number of nitrogens with zero attached hydrogens (tertiary/aromatic N) is 2. The molecule has 0 spiro atoms. The third-order valence-electron chi connectivity index (χ3n) is 2.66. The molecule has 6 nitrogen and oxygen atoms in total. The van der Waals surface area contributed by atoms with Crippen molar-refractivity contribution >= 4 is 47.1 Å². The molecule has 1 amide bonds. The molecule has 0 unspecified atom stereocenters. The first-order chi connectivity index (χ1) is 8.70. The molecule has 1 saturated heterocycles. The smallest absolute Gasteiger partial charge is 0.289 e. The van der Waals surface area contributed by atoms with Crippen molar-refractivity contribution in [2.24, 2.45) is 0 Å². The Morgan fingerprint density at radius 2 is 2.11 bits per heavy atom.